The van der Waals surface area contributed by atoms with Crippen molar-refractivity contribution < 1.29 is 5.11 Å². The topological polar surface area (TPSA) is 35.8 Å². The number of unbranched alkanes of at least 4 members (excludes halogenated alkanes) is 8. The lowest BCUT2D eigenvalue weighted by Gasteiger charge is -2.33. The number of rotatable bonds is 11. The van der Waals surface area contributed by atoms with E-state index in [1.54, 1.807) is 6.34 Å². The van der Waals surface area contributed by atoms with Crippen LogP contribution in [-0.2, 0) is 0 Å². The summed E-state index contributed by atoms with van der Waals surface area (Å²) in [4.78, 5) is 6.14. The van der Waals surface area contributed by atoms with E-state index in [4.69, 9.17) is 0 Å². The minimum absolute atomic E-state index is 0.693. The summed E-state index contributed by atoms with van der Waals surface area (Å²) >= 11 is 0. The number of nitrogens with zero attached hydrogens (tertiary/aromatic N) is 2. The van der Waals surface area contributed by atoms with Crippen LogP contribution < -0.4 is 0 Å². The molecule has 1 heterocycles. The first-order valence-corrected chi connectivity index (χ1v) is 8.16. The molecule has 3 nitrogen and oxygen atoms in total. The van der Waals surface area contributed by atoms with Gasteiger partial charge in [-0.05, 0) is 19.8 Å². The summed E-state index contributed by atoms with van der Waals surface area (Å²) in [5.74, 6) is 0. The summed E-state index contributed by atoms with van der Waals surface area (Å²) in [5, 5.41) is 10.3. The van der Waals surface area contributed by atoms with Crippen molar-refractivity contribution in [2.75, 3.05) is 13.1 Å². The molecule has 1 N–H and O–H groups in total. The van der Waals surface area contributed by atoms with Gasteiger partial charge in [-0.3, -0.25) is 4.99 Å². The van der Waals surface area contributed by atoms with E-state index in [-0.39, 0.29) is 0 Å². The van der Waals surface area contributed by atoms with Gasteiger partial charge in [0, 0.05) is 6.54 Å². The van der Waals surface area contributed by atoms with E-state index < -0.39 is 5.72 Å². The van der Waals surface area contributed by atoms with Crippen LogP contribution in [0.1, 0.15) is 78.1 Å². The molecule has 0 aromatic rings. The summed E-state index contributed by atoms with van der Waals surface area (Å²) in [6.45, 7) is 5.87. The van der Waals surface area contributed by atoms with Gasteiger partial charge in [0.1, 0.15) is 5.72 Å². The predicted molar refractivity (Wildman–Crippen MR) is 82.5 cm³/mol. The van der Waals surface area contributed by atoms with Gasteiger partial charge in [0.05, 0.1) is 12.9 Å². The quantitative estimate of drug-likeness (QED) is 0.576. The molecule has 1 aliphatic heterocycles. The van der Waals surface area contributed by atoms with Gasteiger partial charge in [-0.1, -0.05) is 58.3 Å². The summed E-state index contributed by atoms with van der Waals surface area (Å²) < 4.78 is 0. The zero-order chi connectivity index (χ0) is 14.0. The van der Waals surface area contributed by atoms with Crippen molar-refractivity contribution in [3.05, 3.63) is 0 Å². The molecular formula is C16H32N2O. The van der Waals surface area contributed by atoms with Gasteiger partial charge < -0.3 is 10.0 Å². The van der Waals surface area contributed by atoms with Gasteiger partial charge in [0.15, 0.2) is 0 Å². The van der Waals surface area contributed by atoms with E-state index in [9.17, 15) is 5.11 Å². The normalized spacial score (nSPS) is 17.9. The van der Waals surface area contributed by atoms with Gasteiger partial charge >= 0.3 is 0 Å². The van der Waals surface area contributed by atoms with Crippen LogP contribution in [0.15, 0.2) is 4.99 Å². The van der Waals surface area contributed by atoms with Crippen LogP contribution in [0.4, 0.5) is 0 Å². The van der Waals surface area contributed by atoms with Crippen molar-refractivity contribution in [1.82, 2.24) is 4.90 Å². The molecule has 0 aliphatic carbocycles. The Morgan fingerprint density at radius 2 is 1.63 bits per heavy atom. The van der Waals surface area contributed by atoms with Crippen LogP contribution in [0, 0.1) is 0 Å². The fraction of sp³-hybridized carbons (Fsp3) is 0.938. The number of hydrogen-bond acceptors (Lipinski definition) is 3. The van der Waals surface area contributed by atoms with E-state index in [0.717, 1.165) is 25.9 Å². The molecule has 1 aliphatic rings. The lowest BCUT2D eigenvalue weighted by molar-refractivity contribution is -0.0538. The molecule has 0 aromatic carbocycles. The highest BCUT2D eigenvalue weighted by Crippen LogP contribution is 2.20. The highest BCUT2D eigenvalue weighted by molar-refractivity contribution is 5.58. The molecule has 0 saturated carbocycles. The molecule has 112 valence electrons. The van der Waals surface area contributed by atoms with Crippen LogP contribution in [0.25, 0.3) is 0 Å². The zero-order valence-corrected chi connectivity index (χ0v) is 12.9. The van der Waals surface area contributed by atoms with Gasteiger partial charge in [0.2, 0.25) is 0 Å². The molecule has 19 heavy (non-hydrogen) atoms. The summed E-state index contributed by atoms with van der Waals surface area (Å²) in [7, 11) is 0. The number of aliphatic hydroxyl groups is 1. The predicted octanol–water partition coefficient (Wildman–Crippen LogP) is 3.96. The summed E-state index contributed by atoms with van der Waals surface area (Å²) in [5.41, 5.74) is -0.693. The van der Waals surface area contributed by atoms with Crippen LogP contribution in [0.3, 0.4) is 0 Å². The Hall–Kier alpha value is -0.570. The van der Waals surface area contributed by atoms with Crippen LogP contribution in [-0.4, -0.2) is 35.2 Å². The highest BCUT2D eigenvalue weighted by Gasteiger charge is 2.27. The molecule has 1 atom stereocenters. The largest absolute Gasteiger partial charge is 0.371 e. The third-order valence-electron chi connectivity index (χ3n) is 4.06. The smallest absolute Gasteiger partial charge is 0.135 e. The Morgan fingerprint density at radius 3 is 2.16 bits per heavy atom. The van der Waals surface area contributed by atoms with E-state index >= 15 is 0 Å². The van der Waals surface area contributed by atoms with Crippen molar-refractivity contribution in [1.29, 1.82) is 0 Å². The minimum Gasteiger partial charge on any atom is -0.371 e. The zero-order valence-electron chi connectivity index (χ0n) is 12.9. The third kappa shape index (κ3) is 6.95. The van der Waals surface area contributed by atoms with Gasteiger partial charge in [-0.15, -0.1) is 0 Å². The Bertz CT molecular complexity index is 251. The van der Waals surface area contributed by atoms with Gasteiger partial charge in [-0.25, -0.2) is 0 Å². The molecule has 0 radical (unpaired) electrons. The fourth-order valence-corrected chi connectivity index (χ4v) is 2.66. The van der Waals surface area contributed by atoms with E-state index in [2.05, 4.69) is 11.9 Å². The van der Waals surface area contributed by atoms with Crippen molar-refractivity contribution in [2.45, 2.75) is 83.8 Å². The van der Waals surface area contributed by atoms with Crippen molar-refractivity contribution in [3.63, 3.8) is 0 Å². The van der Waals surface area contributed by atoms with E-state index in [1.165, 1.54) is 51.4 Å². The Kier molecular flexibility index (Phi) is 8.11. The van der Waals surface area contributed by atoms with E-state index in [0.29, 0.717) is 0 Å². The van der Waals surface area contributed by atoms with Gasteiger partial charge in [-0.2, -0.15) is 0 Å². The van der Waals surface area contributed by atoms with Gasteiger partial charge in [0.25, 0.3) is 0 Å². The number of aliphatic imine (C=N–C) groups is 1. The molecule has 0 aromatic heterocycles. The maximum absolute atomic E-state index is 10.3. The molecule has 0 fully saturated rings. The molecule has 0 spiro atoms. The average molecular weight is 268 g/mol. The van der Waals surface area contributed by atoms with Crippen LogP contribution in [0.5, 0.6) is 0 Å². The molecule has 1 rings (SSSR count). The maximum Gasteiger partial charge on any atom is 0.135 e. The molecule has 0 saturated heterocycles. The Labute approximate surface area is 119 Å². The van der Waals surface area contributed by atoms with Crippen LogP contribution in [0.2, 0.25) is 0 Å². The molecule has 3 heteroatoms. The van der Waals surface area contributed by atoms with Crippen molar-refractivity contribution >= 4 is 6.34 Å². The molecular weight excluding hydrogens is 236 g/mol. The Morgan fingerprint density at radius 1 is 1.05 bits per heavy atom. The first kappa shape index (κ1) is 16.5. The first-order chi connectivity index (χ1) is 9.17. The van der Waals surface area contributed by atoms with E-state index in [1.807, 2.05) is 11.8 Å². The molecule has 1 unspecified atom stereocenters. The third-order valence-corrected chi connectivity index (χ3v) is 4.06. The van der Waals surface area contributed by atoms with Crippen molar-refractivity contribution in [2.24, 2.45) is 4.99 Å². The molecule has 0 bridgehead atoms. The second-order valence-electron chi connectivity index (χ2n) is 6.01. The first-order valence-electron chi connectivity index (χ1n) is 8.16. The average Bonchev–Trinajstić information content (AvgIpc) is 2.91. The summed E-state index contributed by atoms with van der Waals surface area (Å²) in [6, 6.07) is 0. The second-order valence-corrected chi connectivity index (χ2v) is 6.01. The molecule has 0 amide bonds. The maximum atomic E-state index is 10.3. The van der Waals surface area contributed by atoms with Crippen LogP contribution >= 0.6 is 0 Å². The highest BCUT2D eigenvalue weighted by atomic mass is 16.3. The SMILES string of the molecule is CCCCCCCCCCCC(C)(O)N1C=NCC1. The summed E-state index contributed by atoms with van der Waals surface area (Å²) in [6.07, 6.45) is 14.6. The fourth-order valence-electron chi connectivity index (χ4n) is 2.66. The lowest BCUT2D eigenvalue weighted by atomic mass is 10.0. The number of hydrogen-bond donors (Lipinski definition) is 1. The monoisotopic (exact) mass is 268 g/mol. The second kappa shape index (κ2) is 9.35. The minimum atomic E-state index is -0.693. The lowest BCUT2D eigenvalue weighted by Crippen LogP contribution is -2.44. The van der Waals surface area contributed by atoms with Crippen molar-refractivity contribution in [3.8, 4) is 0 Å². The standard InChI is InChI=1S/C16H32N2O/c1-3-4-5-6-7-8-9-10-11-12-16(2,19)18-14-13-17-15-18/h15,19H,3-14H2,1-2H3. The Balaban J connectivity index is 1.94.